The van der Waals surface area contributed by atoms with Crippen LogP contribution >= 0.6 is 11.6 Å². The van der Waals surface area contributed by atoms with Crippen molar-refractivity contribution in [1.29, 1.82) is 0 Å². The second-order valence-electron chi connectivity index (χ2n) is 3.10. The summed E-state index contributed by atoms with van der Waals surface area (Å²) in [7, 11) is 1.90. The third-order valence-corrected chi connectivity index (χ3v) is 2.14. The quantitative estimate of drug-likeness (QED) is 0.597. The average molecular weight is 228 g/mol. The Morgan fingerprint density at radius 2 is 2.07 bits per heavy atom. The molecule has 0 aliphatic carbocycles. The van der Waals surface area contributed by atoms with Crippen molar-refractivity contribution in [2.24, 2.45) is 0 Å². The lowest BCUT2D eigenvalue weighted by molar-refractivity contribution is 0.108. The number of carbonyl (C=O) groups excluding carboxylic acids is 1. The predicted octanol–water partition coefficient (Wildman–Crippen LogP) is 2.05. The lowest BCUT2D eigenvalue weighted by Gasteiger charge is -2.05. The zero-order valence-corrected chi connectivity index (χ0v) is 9.38. The van der Waals surface area contributed by atoms with Crippen molar-refractivity contribution in [3.05, 3.63) is 29.8 Å². The minimum atomic E-state index is -0.447. The van der Waals surface area contributed by atoms with Crippen molar-refractivity contribution in [2.45, 2.75) is 6.42 Å². The molecule has 0 spiro atoms. The van der Waals surface area contributed by atoms with Gasteiger partial charge in [-0.3, -0.25) is 4.79 Å². The summed E-state index contributed by atoms with van der Waals surface area (Å²) in [5.41, 5.74) is 0.485. The molecule has 0 fully saturated rings. The summed E-state index contributed by atoms with van der Waals surface area (Å²) in [6, 6.07) is 6.80. The standard InChI is InChI=1S/C11H14ClNO2/c1-13-7-2-8-15-10-5-3-9(4-6-10)11(12)14/h3-6,13H,2,7-8H2,1H3. The van der Waals surface area contributed by atoms with Crippen molar-refractivity contribution in [2.75, 3.05) is 20.2 Å². The summed E-state index contributed by atoms with van der Waals surface area (Å²) >= 11 is 5.31. The van der Waals surface area contributed by atoms with E-state index < -0.39 is 5.24 Å². The topological polar surface area (TPSA) is 38.3 Å². The van der Waals surface area contributed by atoms with E-state index in [0.717, 1.165) is 18.7 Å². The molecular weight excluding hydrogens is 214 g/mol. The highest BCUT2D eigenvalue weighted by atomic mass is 35.5. The number of hydrogen-bond acceptors (Lipinski definition) is 3. The van der Waals surface area contributed by atoms with Crippen LogP contribution in [0, 0.1) is 0 Å². The van der Waals surface area contributed by atoms with E-state index in [1.165, 1.54) is 0 Å². The molecule has 0 amide bonds. The van der Waals surface area contributed by atoms with Gasteiger partial charge in [-0.1, -0.05) is 0 Å². The molecule has 15 heavy (non-hydrogen) atoms. The van der Waals surface area contributed by atoms with Crippen LogP contribution in [-0.4, -0.2) is 25.4 Å². The fourth-order valence-electron chi connectivity index (χ4n) is 1.12. The molecule has 82 valence electrons. The number of rotatable bonds is 6. The van der Waals surface area contributed by atoms with Crippen LogP contribution in [0.15, 0.2) is 24.3 Å². The Bertz CT molecular complexity index is 311. The van der Waals surface area contributed by atoms with Crippen molar-refractivity contribution in [3.63, 3.8) is 0 Å². The van der Waals surface area contributed by atoms with E-state index in [1.807, 2.05) is 7.05 Å². The predicted molar refractivity (Wildman–Crippen MR) is 60.7 cm³/mol. The van der Waals surface area contributed by atoms with Gasteiger partial charge in [0.15, 0.2) is 0 Å². The molecular formula is C11H14ClNO2. The van der Waals surface area contributed by atoms with Gasteiger partial charge in [-0.05, 0) is 55.9 Å². The van der Waals surface area contributed by atoms with Gasteiger partial charge in [-0.15, -0.1) is 0 Å². The van der Waals surface area contributed by atoms with Crippen LogP contribution in [0.5, 0.6) is 5.75 Å². The monoisotopic (exact) mass is 227 g/mol. The van der Waals surface area contributed by atoms with Crippen LogP contribution in [0.2, 0.25) is 0 Å². The van der Waals surface area contributed by atoms with Crippen LogP contribution in [-0.2, 0) is 0 Å². The second kappa shape index (κ2) is 6.43. The molecule has 0 saturated carbocycles. The zero-order valence-electron chi connectivity index (χ0n) is 8.63. The smallest absolute Gasteiger partial charge is 0.252 e. The first kappa shape index (κ1) is 12.0. The lowest BCUT2D eigenvalue weighted by Crippen LogP contribution is -2.11. The Balaban J connectivity index is 2.39. The number of benzene rings is 1. The van der Waals surface area contributed by atoms with E-state index in [0.29, 0.717) is 12.2 Å². The summed E-state index contributed by atoms with van der Waals surface area (Å²) in [6.45, 7) is 1.59. The maximum atomic E-state index is 10.8. The Labute approximate surface area is 94.4 Å². The highest BCUT2D eigenvalue weighted by Gasteiger charge is 2.00. The Morgan fingerprint density at radius 3 is 2.60 bits per heavy atom. The zero-order chi connectivity index (χ0) is 11.1. The Hall–Kier alpha value is -1.06. The minimum Gasteiger partial charge on any atom is -0.494 e. The third-order valence-electron chi connectivity index (χ3n) is 1.92. The van der Waals surface area contributed by atoms with E-state index in [2.05, 4.69) is 5.32 Å². The third kappa shape index (κ3) is 4.32. The number of hydrogen-bond donors (Lipinski definition) is 1. The SMILES string of the molecule is CNCCCOc1ccc(C(=O)Cl)cc1. The van der Waals surface area contributed by atoms with Crippen LogP contribution in [0.25, 0.3) is 0 Å². The fraction of sp³-hybridized carbons (Fsp3) is 0.364. The van der Waals surface area contributed by atoms with Gasteiger partial charge in [0.25, 0.3) is 5.24 Å². The van der Waals surface area contributed by atoms with Gasteiger partial charge >= 0.3 is 0 Å². The average Bonchev–Trinajstić information content (AvgIpc) is 2.25. The molecule has 0 heterocycles. The molecule has 1 N–H and O–H groups in total. The molecule has 0 aliphatic heterocycles. The van der Waals surface area contributed by atoms with Gasteiger partial charge in [-0.25, -0.2) is 0 Å². The molecule has 1 aromatic carbocycles. The molecule has 3 nitrogen and oxygen atoms in total. The van der Waals surface area contributed by atoms with Crippen molar-refractivity contribution < 1.29 is 9.53 Å². The van der Waals surface area contributed by atoms with E-state index in [9.17, 15) is 4.79 Å². The molecule has 0 atom stereocenters. The first-order valence-corrected chi connectivity index (χ1v) is 5.19. The highest BCUT2D eigenvalue weighted by molar-refractivity contribution is 6.67. The van der Waals surface area contributed by atoms with Gasteiger partial charge in [0.2, 0.25) is 0 Å². The number of halogens is 1. The van der Waals surface area contributed by atoms with Gasteiger partial charge < -0.3 is 10.1 Å². The van der Waals surface area contributed by atoms with Gasteiger partial charge in [0.1, 0.15) is 5.75 Å². The molecule has 1 rings (SSSR count). The molecule has 0 bridgehead atoms. The van der Waals surface area contributed by atoms with E-state index in [-0.39, 0.29) is 0 Å². The van der Waals surface area contributed by atoms with Crippen molar-refractivity contribution in [3.8, 4) is 5.75 Å². The maximum Gasteiger partial charge on any atom is 0.252 e. The number of nitrogens with one attached hydrogen (secondary N) is 1. The summed E-state index contributed by atoms with van der Waals surface area (Å²) in [5.74, 6) is 0.757. The Kier molecular flexibility index (Phi) is 5.15. The van der Waals surface area contributed by atoms with Crippen LogP contribution in [0.4, 0.5) is 0 Å². The van der Waals surface area contributed by atoms with Crippen LogP contribution in [0.3, 0.4) is 0 Å². The first-order chi connectivity index (χ1) is 7.24. The summed E-state index contributed by atoms with van der Waals surface area (Å²) in [4.78, 5) is 10.8. The molecule has 0 aliphatic rings. The summed E-state index contributed by atoms with van der Waals surface area (Å²) in [5, 5.41) is 2.59. The van der Waals surface area contributed by atoms with Crippen LogP contribution < -0.4 is 10.1 Å². The molecule has 0 saturated heterocycles. The van der Waals surface area contributed by atoms with E-state index in [1.54, 1.807) is 24.3 Å². The lowest BCUT2D eigenvalue weighted by atomic mass is 10.2. The van der Waals surface area contributed by atoms with Crippen LogP contribution in [0.1, 0.15) is 16.8 Å². The number of ether oxygens (including phenoxy) is 1. The molecule has 0 aromatic heterocycles. The minimum absolute atomic E-state index is 0.447. The van der Waals surface area contributed by atoms with Crippen molar-refractivity contribution in [1.82, 2.24) is 5.32 Å². The van der Waals surface area contributed by atoms with Gasteiger partial charge in [0.05, 0.1) is 6.61 Å². The molecule has 0 unspecified atom stereocenters. The largest absolute Gasteiger partial charge is 0.494 e. The molecule has 1 aromatic rings. The molecule has 4 heteroatoms. The van der Waals surface area contributed by atoms with E-state index in [4.69, 9.17) is 16.3 Å². The summed E-state index contributed by atoms with van der Waals surface area (Å²) < 4.78 is 5.45. The van der Waals surface area contributed by atoms with Gasteiger partial charge in [0, 0.05) is 5.56 Å². The highest BCUT2D eigenvalue weighted by Crippen LogP contribution is 2.13. The van der Waals surface area contributed by atoms with Gasteiger partial charge in [-0.2, -0.15) is 0 Å². The normalized spacial score (nSPS) is 10.0. The fourth-order valence-corrected chi connectivity index (χ4v) is 1.25. The molecule has 0 radical (unpaired) electrons. The maximum absolute atomic E-state index is 10.8. The second-order valence-corrected chi connectivity index (χ2v) is 3.45. The first-order valence-electron chi connectivity index (χ1n) is 4.81. The van der Waals surface area contributed by atoms with Crippen molar-refractivity contribution >= 4 is 16.8 Å². The van der Waals surface area contributed by atoms with E-state index >= 15 is 0 Å². The summed E-state index contributed by atoms with van der Waals surface area (Å²) in [6.07, 6.45) is 0.951. The Morgan fingerprint density at radius 1 is 1.40 bits per heavy atom. The number of carbonyl (C=O) groups is 1.